The van der Waals surface area contributed by atoms with Crippen LogP contribution in [0, 0.1) is 13.8 Å². The van der Waals surface area contributed by atoms with E-state index in [9.17, 15) is 4.79 Å². The van der Waals surface area contributed by atoms with E-state index in [0.717, 1.165) is 17.0 Å². The minimum absolute atomic E-state index is 0.108. The summed E-state index contributed by atoms with van der Waals surface area (Å²) in [4.78, 5) is 16.2. The van der Waals surface area contributed by atoms with E-state index >= 15 is 0 Å². The van der Waals surface area contributed by atoms with Gasteiger partial charge >= 0.3 is 0 Å². The molecule has 0 fully saturated rings. The number of nitrogens with one attached hydrogen (secondary N) is 1. The molecule has 1 N–H and O–H groups in total. The van der Waals surface area contributed by atoms with Gasteiger partial charge in [0.05, 0.1) is 12.2 Å². The van der Waals surface area contributed by atoms with Crippen molar-refractivity contribution >= 4 is 35.1 Å². The second-order valence-corrected chi connectivity index (χ2v) is 6.48. The number of hydrogen-bond donors (Lipinski definition) is 1. The summed E-state index contributed by atoms with van der Waals surface area (Å²) in [7, 11) is 0. The van der Waals surface area contributed by atoms with Crippen molar-refractivity contribution < 1.29 is 4.79 Å². The number of carbonyl (C=O) groups excluding carboxylic acids is 1. The molecule has 0 saturated heterocycles. The van der Waals surface area contributed by atoms with Gasteiger partial charge in [0.2, 0.25) is 11.9 Å². The fourth-order valence-electron chi connectivity index (χ4n) is 2.39. The Labute approximate surface area is 154 Å². The van der Waals surface area contributed by atoms with Crippen LogP contribution in [-0.4, -0.2) is 30.5 Å². The zero-order chi connectivity index (χ0) is 18.0. The molecule has 0 radical (unpaired) electrons. The number of halogens is 2. The monoisotopic (exact) mass is 378 g/mol. The Morgan fingerprint density at radius 1 is 1.20 bits per heavy atom. The third-order valence-corrected chi connectivity index (χ3v) is 4.12. The lowest BCUT2D eigenvalue weighted by Crippen LogP contribution is -2.21. The molecule has 0 unspecified atom stereocenters. The van der Waals surface area contributed by atoms with Gasteiger partial charge in [-0.2, -0.15) is 5.10 Å². The number of benzene rings is 1. The molecule has 3 rings (SSSR count). The second kappa shape index (κ2) is 7.25. The van der Waals surface area contributed by atoms with Crippen molar-refractivity contribution in [1.29, 1.82) is 0 Å². The first kappa shape index (κ1) is 17.4. The molecular formula is C16H16Cl2N6O. The van der Waals surface area contributed by atoms with Crippen molar-refractivity contribution in [2.75, 3.05) is 5.32 Å². The maximum Gasteiger partial charge on any atom is 0.248 e. The molecule has 1 amide bonds. The molecule has 0 saturated carbocycles. The molecule has 0 spiro atoms. The Morgan fingerprint density at radius 2 is 2.00 bits per heavy atom. The number of aromatic nitrogens is 5. The molecule has 3 aromatic rings. The average Bonchev–Trinajstić information content (AvgIpc) is 3.08. The van der Waals surface area contributed by atoms with Gasteiger partial charge in [-0.05, 0) is 37.6 Å². The first-order chi connectivity index (χ1) is 11.9. The lowest BCUT2D eigenvalue weighted by molar-refractivity contribution is -0.117. The van der Waals surface area contributed by atoms with Crippen molar-refractivity contribution in [2.45, 2.75) is 26.9 Å². The standard InChI is InChI=1S/C16H16Cl2N6O/c1-10-5-11(2)24(21-10)8-15(25)20-16-19-9-23(22-16)7-12-3-4-13(17)6-14(12)18/h3-6,9H,7-8H2,1-2H3,(H,20,22,25). The molecule has 0 atom stereocenters. The van der Waals surface area contributed by atoms with E-state index in [2.05, 4.69) is 20.5 Å². The first-order valence-corrected chi connectivity index (χ1v) is 8.30. The molecule has 2 heterocycles. The highest BCUT2D eigenvalue weighted by Gasteiger charge is 2.11. The lowest BCUT2D eigenvalue weighted by Gasteiger charge is -2.05. The van der Waals surface area contributed by atoms with Gasteiger partial charge in [0, 0.05) is 15.7 Å². The van der Waals surface area contributed by atoms with E-state index in [1.54, 1.807) is 21.5 Å². The number of anilines is 1. The Bertz CT molecular complexity index is 917. The Morgan fingerprint density at radius 3 is 2.68 bits per heavy atom. The van der Waals surface area contributed by atoms with E-state index in [1.165, 1.54) is 6.33 Å². The summed E-state index contributed by atoms with van der Waals surface area (Å²) in [5.74, 6) is -0.00917. The van der Waals surface area contributed by atoms with Crippen molar-refractivity contribution in [3.8, 4) is 0 Å². The molecule has 1 aromatic carbocycles. The van der Waals surface area contributed by atoms with Crippen LogP contribution in [0.3, 0.4) is 0 Å². The molecule has 0 aliphatic rings. The van der Waals surface area contributed by atoms with Gasteiger partial charge in [-0.3, -0.25) is 14.8 Å². The maximum absolute atomic E-state index is 12.1. The third-order valence-electron chi connectivity index (χ3n) is 3.53. The van der Waals surface area contributed by atoms with Crippen molar-refractivity contribution in [2.24, 2.45) is 0 Å². The molecule has 0 bridgehead atoms. The van der Waals surface area contributed by atoms with Crippen molar-refractivity contribution in [3.63, 3.8) is 0 Å². The van der Waals surface area contributed by atoms with Gasteiger partial charge in [0.15, 0.2) is 0 Å². The van der Waals surface area contributed by atoms with Crippen LogP contribution in [0.25, 0.3) is 0 Å². The third kappa shape index (κ3) is 4.37. The van der Waals surface area contributed by atoms with Crippen LogP contribution in [0.1, 0.15) is 17.0 Å². The average molecular weight is 379 g/mol. The van der Waals surface area contributed by atoms with E-state index in [0.29, 0.717) is 16.6 Å². The summed E-state index contributed by atoms with van der Waals surface area (Å²) in [6, 6.07) is 7.17. The minimum Gasteiger partial charge on any atom is -0.292 e. The van der Waals surface area contributed by atoms with Crippen LogP contribution in [0.2, 0.25) is 10.0 Å². The van der Waals surface area contributed by atoms with Crippen LogP contribution in [-0.2, 0) is 17.9 Å². The maximum atomic E-state index is 12.1. The molecule has 9 heteroatoms. The molecule has 7 nitrogen and oxygen atoms in total. The zero-order valence-electron chi connectivity index (χ0n) is 13.7. The van der Waals surface area contributed by atoms with Crippen molar-refractivity contribution in [3.05, 3.63) is 57.6 Å². The van der Waals surface area contributed by atoms with E-state index in [-0.39, 0.29) is 18.4 Å². The van der Waals surface area contributed by atoms with Crippen LogP contribution >= 0.6 is 23.2 Å². The highest BCUT2D eigenvalue weighted by atomic mass is 35.5. The molecule has 2 aromatic heterocycles. The van der Waals surface area contributed by atoms with Gasteiger partial charge in [0.25, 0.3) is 0 Å². The fourth-order valence-corrected chi connectivity index (χ4v) is 2.86. The van der Waals surface area contributed by atoms with Gasteiger partial charge < -0.3 is 0 Å². The van der Waals surface area contributed by atoms with E-state index in [4.69, 9.17) is 23.2 Å². The number of rotatable bonds is 5. The van der Waals surface area contributed by atoms with Crippen LogP contribution < -0.4 is 5.32 Å². The van der Waals surface area contributed by atoms with Gasteiger partial charge in [-0.25, -0.2) is 9.67 Å². The van der Waals surface area contributed by atoms with Crippen molar-refractivity contribution in [1.82, 2.24) is 24.5 Å². The molecule has 130 valence electrons. The van der Waals surface area contributed by atoms with E-state index < -0.39 is 0 Å². The molecule has 25 heavy (non-hydrogen) atoms. The van der Waals surface area contributed by atoms with Gasteiger partial charge in [-0.1, -0.05) is 29.3 Å². The zero-order valence-corrected chi connectivity index (χ0v) is 15.2. The number of hydrogen-bond acceptors (Lipinski definition) is 4. The Hall–Kier alpha value is -2.38. The summed E-state index contributed by atoms with van der Waals surface area (Å²) in [5, 5.41) is 12.3. The lowest BCUT2D eigenvalue weighted by atomic mass is 10.2. The summed E-state index contributed by atoms with van der Waals surface area (Å²) >= 11 is 12.0. The van der Waals surface area contributed by atoms with Crippen LogP contribution in [0.15, 0.2) is 30.6 Å². The summed E-state index contributed by atoms with van der Waals surface area (Å²) < 4.78 is 3.23. The highest BCUT2D eigenvalue weighted by Crippen LogP contribution is 2.21. The predicted octanol–water partition coefficient (Wildman–Crippen LogP) is 3.09. The topological polar surface area (TPSA) is 77.6 Å². The molecule has 0 aliphatic heterocycles. The SMILES string of the molecule is Cc1cc(C)n(CC(=O)Nc2ncn(Cc3ccc(Cl)cc3Cl)n2)n1. The molecular weight excluding hydrogens is 363 g/mol. The van der Waals surface area contributed by atoms with Crippen LogP contribution in [0.5, 0.6) is 0 Å². The second-order valence-electron chi connectivity index (χ2n) is 5.63. The summed E-state index contributed by atoms with van der Waals surface area (Å²) in [6.45, 7) is 4.32. The first-order valence-electron chi connectivity index (χ1n) is 7.55. The Balaban J connectivity index is 1.63. The largest absolute Gasteiger partial charge is 0.292 e. The number of amides is 1. The normalized spacial score (nSPS) is 10.9. The smallest absolute Gasteiger partial charge is 0.248 e. The number of aryl methyl sites for hydroxylation is 2. The van der Waals surface area contributed by atoms with Crippen LogP contribution in [0.4, 0.5) is 5.95 Å². The minimum atomic E-state index is -0.242. The van der Waals surface area contributed by atoms with Gasteiger partial charge in [0.1, 0.15) is 12.9 Å². The summed E-state index contributed by atoms with van der Waals surface area (Å²) in [5.41, 5.74) is 2.65. The molecule has 0 aliphatic carbocycles. The van der Waals surface area contributed by atoms with E-state index in [1.807, 2.05) is 26.0 Å². The fraction of sp³-hybridized carbons (Fsp3) is 0.250. The highest BCUT2D eigenvalue weighted by molar-refractivity contribution is 6.35. The number of carbonyl (C=O) groups is 1. The quantitative estimate of drug-likeness (QED) is 0.739. The summed E-state index contributed by atoms with van der Waals surface area (Å²) in [6.07, 6.45) is 1.53. The number of nitrogens with zero attached hydrogens (tertiary/aromatic N) is 5. The predicted molar refractivity (Wildman–Crippen MR) is 95.9 cm³/mol. The van der Waals surface area contributed by atoms with Gasteiger partial charge in [-0.15, -0.1) is 5.10 Å². The Kier molecular flexibility index (Phi) is 5.06.